The lowest BCUT2D eigenvalue weighted by atomic mass is 10.3. The number of aromatic amines is 1. The third-order valence-corrected chi connectivity index (χ3v) is 1.98. The smallest absolute Gasteiger partial charge is 0.271 e. The molecular weight excluding hydrogens is 202 g/mol. The van der Waals surface area contributed by atoms with Crippen molar-refractivity contribution in [3.63, 3.8) is 0 Å². The first-order valence-electron chi connectivity index (χ1n) is 3.80. The topological polar surface area (TPSA) is 71.8 Å². The molecule has 0 bridgehead atoms. The van der Waals surface area contributed by atoms with E-state index in [1.165, 1.54) is 18.3 Å². The van der Waals surface area contributed by atoms with Gasteiger partial charge in [-0.25, -0.2) is 0 Å². The number of H-pyrrole nitrogens is 1. The first-order chi connectivity index (χ1) is 6.66. The Morgan fingerprint density at radius 1 is 1.50 bits per heavy atom. The number of benzene rings is 1. The summed E-state index contributed by atoms with van der Waals surface area (Å²) >= 11 is 4.86. The van der Waals surface area contributed by atoms with Gasteiger partial charge in [0.25, 0.3) is 5.69 Å². The van der Waals surface area contributed by atoms with E-state index in [-0.39, 0.29) is 5.69 Å². The lowest BCUT2D eigenvalue weighted by Crippen LogP contribution is -1.89. The third kappa shape index (κ3) is 1.47. The van der Waals surface area contributed by atoms with Gasteiger partial charge in [0, 0.05) is 12.1 Å². The fourth-order valence-electron chi connectivity index (χ4n) is 1.14. The van der Waals surface area contributed by atoms with E-state index in [2.05, 4.69) is 9.97 Å². The molecule has 2 rings (SSSR count). The van der Waals surface area contributed by atoms with E-state index in [0.717, 1.165) is 0 Å². The summed E-state index contributed by atoms with van der Waals surface area (Å²) in [5.41, 5.74) is 1.26. The second-order valence-corrected chi connectivity index (χ2v) is 3.15. The van der Waals surface area contributed by atoms with E-state index in [1.54, 1.807) is 6.07 Å². The molecule has 1 N–H and O–H groups in total. The number of aromatic nitrogens is 2. The highest BCUT2D eigenvalue weighted by Gasteiger charge is 2.05. The largest absolute Gasteiger partial charge is 0.343 e. The first kappa shape index (κ1) is 8.76. The van der Waals surface area contributed by atoms with Gasteiger partial charge in [-0.05, 0) is 6.07 Å². The standard InChI is InChI=1S/C8H5N3O2S/c12-11(13)5-1-2-6-7(3-5)10-8(14)4-9-6/h1-4H,(H,10,14). The van der Waals surface area contributed by atoms with E-state index in [0.29, 0.717) is 15.7 Å². The first-order valence-corrected chi connectivity index (χ1v) is 4.21. The van der Waals surface area contributed by atoms with E-state index >= 15 is 0 Å². The average Bonchev–Trinajstić information content (AvgIpc) is 2.16. The van der Waals surface area contributed by atoms with Gasteiger partial charge in [0.15, 0.2) is 0 Å². The van der Waals surface area contributed by atoms with Crippen molar-refractivity contribution in [2.24, 2.45) is 0 Å². The highest BCUT2D eigenvalue weighted by Crippen LogP contribution is 2.16. The molecule has 14 heavy (non-hydrogen) atoms. The maximum atomic E-state index is 10.5. The normalized spacial score (nSPS) is 10.3. The maximum Gasteiger partial charge on any atom is 0.271 e. The van der Waals surface area contributed by atoms with Crippen LogP contribution < -0.4 is 0 Å². The zero-order valence-corrected chi connectivity index (χ0v) is 7.75. The molecule has 0 saturated heterocycles. The number of nitrogens with one attached hydrogen (secondary N) is 1. The van der Waals surface area contributed by atoms with Crippen LogP contribution in [0, 0.1) is 14.8 Å². The van der Waals surface area contributed by atoms with Gasteiger partial charge in [0.2, 0.25) is 0 Å². The van der Waals surface area contributed by atoms with Gasteiger partial charge < -0.3 is 4.98 Å². The Kier molecular flexibility index (Phi) is 1.97. The van der Waals surface area contributed by atoms with Crippen LogP contribution in [0.2, 0.25) is 0 Å². The molecule has 0 aliphatic heterocycles. The summed E-state index contributed by atoms with van der Waals surface area (Å²) in [4.78, 5) is 16.9. The molecule has 1 aromatic heterocycles. The summed E-state index contributed by atoms with van der Waals surface area (Å²) in [7, 11) is 0. The van der Waals surface area contributed by atoms with Gasteiger partial charge in [-0.3, -0.25) is 15.1 Å². The lowest BCUT2D eigenvalue weighted by Gasteiger charge is -1.96. The van der Waals surface area contributed by atoms with Crippen molar-refractivity contribution >= 4 is 28.9 Å². The molecule has 70 valence electrons. The second kappa shape index (κ2) is 3.15. The molecule has 0 spiro atoms. The number of hydrogen-bond donors (Lipinski definition) is 1. The van der Waals surface area contributed by atoms with Crippen LogP contribution in [-0.2, 0) is 0 Å². The Hall–Kier alpha value is -1.82. The highest BCUT2D eigenvalue weighted by atomic mass is 32.1. The Balaban J connectivity index is 2.75. The van der Waals surface area contributed by atoms with E-state index in [9.17, 15) is 10.1 Å². The minimum Gasteiger partial charge on any atom is -0.343 e. The Labute approximate surface area is 83.6 Å². The van der Waals surface area contributed by atoms with Crippen LogP contribution in [0.5, 0.6) is 0 Å². The molecule has 1 aromatic carbocycles. The molecule has 0 unspecified atom stereocenters. The zero-order chi connectivity index (χ0) is 10.1. The van der Waals surface area contributed by atoms with Crippen LogP contribution in [0.25, 0.3) is 11.0 Å². The van der Waals surface area contributed by atoms with Crippen molar-refractivity contribution in [3.05, 3.63) is 39.2 Å². The second-order valence-electron chi connectivity index (χ2n) is 2.71. The summed E-state index contributed by atoms with van der Waals surface area (Å²) < 4.78 is 0.456. The van der Waals surface area contributed by atoms with Gasteiger partial charge in [0.1, 0.15) is 4.64 Å². The number of non-ortho nitro benzene ring substituents is 1. The van der Waals surface area contributed by atoms with E-state index in [1.807, 2.05) is 0 Å². The number of nitrogens with zero attached hydrogens (tertiary/aromatic N) is 2. The average molecular weight is 207 g/mol. The Morgan fingerprint density at radius 2 is 2.29 bits per heavy atom. The van der Waals surface area contributed by atoms with Gasteiger partial charge in [-0.2, -0.15) is 0 Å². The summed E-state index contributed by atoms with van der Waals surface area (Å²) in [6, 6.07) is 4.41. The quantitative estimate of drug-likeness (QED) is 0.442. The Morgan fingerprint density at radius 3 is 3.00 bits per heavy atom. The van der Waals surface area contributed by atoms with Crippen LogP contribution in [0.1, 0.15) is 0 Å². The molecule has 0 saturated carbocycles. The van der Waals surface area contributed by atoms with Gasteiger partial charge in [0.05, 0.1) is 22.2 Å². The number of nitro groups is 1. The van der Waals surface area contributed by atoms with Gasteiger partial charge in [-0.15, -0.1) is 0 Å². The van der Waals surface area contributed by atoms with Crippen molar-refractivity contribution in [2.45, 2.75) is 0 Å². The molecule has 0 aliphatic carbocycles. The van der Waals surface area contributed by atoms with Crippen LogP contribution in [0.15, 0.2) is 24.4 Å². The van der Waals surface area contributed by atoms with Crippen LogP contribution in [0.4, 0.5) is 5.69 Å². The van der Waals surface area contributed by atoms with E-state index in [4.69, 9.17) is 12.2 Å². The lowest BCUT2D eigenvalue weighted by molar-refractivity contribution is -0.384. The summed E-state index contributed by atoms with van der Waals surface area (Å²) in [5, 5.41) is 10.5. The van der Waals surface area contributed by atoms with Crippen LogP contribution in [0.3, 0.4) is 0 Å². The maximum absolute atomic E-state index is 10.5. The third-order valence-electron chi connectivity index (χ3n) is 1.77. The van der Waals surface area contributed by atoms with E-state index < -0.39 is 4.92 Å². The summed E-state index contributed by atoms with van der Waals surface area (Å²) in [6.45, 7) is 0. The molecule has 0 atom stereocenters. The van der Waals surface area contributed by atoms with Crippen molar-refractivity contribution < 1.29 is 4.92 Å². The van der Waals surface area contributed by atoms with Crippen LogP contribution >= 0.6 is 12.2 Å². The molecule has 0 aliphatic rings. The number of fused-ring (bicyclic) bond motifs is 1. The SMILES string of the molecule is O=[N+]([O-])c1ccc2ncc(=S)[nH]c2c1. The summed E-state index contributed by atoms with van der Waals surface area (Å²) in [6.07, 6.45) is 1.50. The molecule has 0 radical (unpaired) electrons. The van der Waals surface area contributed by atoms with Crippen molar-refractivity contribution in [3.8, 4) is 0 Å². The van der Waals surface area contributed by atoms with Crippen LogP contribution in [-0.4, -0.2) is 14.9 Å². The minimum absolute atomic E-state index is 0.0242. The zero-order valence-electron chi connectivity index (χ0n) is 6.93. The van der Waals surface area contributed by atoms with Gasteiger partial charge in [-0.1, -0.05) is 12.2 Å². The summed E-state index contributed by atoms with van der Waals surface area (Å²) in [5.74, 6) is 0. The molecule has 5 nitrogen and oxygen atoms in total. The van der Waals surface area contributed by atoms with Crippen molar-refractivity contribution in [1.29, 1.82) is 0 Å². The monoisotopic (exact) mass is 207 g/mol. The number of nitro benzene ring substituents is 1. The predicted molar refractivity (Wildman–Crippen MR) is 53.6 cm³/mol. The molecule has 0 fully saturated rings. The fraction of sp³-hybridized carbons (Fsp3) is 0. The molecule has 1 heterocycles. The van der Waals surface area contributed by atoms with Crippen molar-refractivity contribution in [1.82, 2.24) is 9.97 Å². The molecule has 2 aromatic rings. The fourth-order valence-corrected chi connectivity index (χ4v) is 1.31. The predicted octanol–water partition coefficient (Wildman–Crippen LogP) is 2.20. The number of hydrogen-bond acceptors (Lipinski definition) is 4. The van der Waals surface area contributed by atoms with Crippen molar-refractivity contribution in [2.75, 3.05) is 0 Å². The molecule has 6 heteroatoms. The molecule has 0 amide bonds. The number of rotatable bonds is 1. The van der Waals surface area contributed by atoms with Gasteiger partial charge >= 0.3 is 0 Å². The Bertz CT molecular complexity index is 564. The minimum atomic E-state index is -0.455. The highest BCUT2D eigenvalue weighted by molar-refractivity contribution is 7.71. The molecular formula is C8H5N3O2S.